The molecule has 4 aliphatic carbocycles. The zero-order valence-electron chi connectivity index (χ0n) is 19.0. The molecule has 3 fully saturated rings. The third kappa shape index (κ3) is 3.20. The Labute approximate surface area is 177 Å². The Bertz CT molecular complexity index is 744. The first-order valence-corrected chi connectivity index (χ1v) is 12.3. The summed E-state index contributed by atoms with van der Waals surface area (Å²) in [5.74, 6) is 4.35. The van der Waals surface area contributed by atoms with Crippen LogP contribution in [0.3, 0.4) is 0 Å². The van der Waals surface area contributed by atoms with Crippen LogP contribution in [0, 0.1) is 40.4 Å². The molecule has 0 N–H and O–H groups in total. The lowest BCUT2D eigenvalue weighted by atomic mass is 9.48. The summed E-state index contributed by atoms with van der Waals surface area (Å²) in [4.78, 5) is 12.0. The standard InChI is InChI=1S/C27H40O2/c1-18(6-5-13-25(2)17-29-25)22-9-10-23-21-8-7-19-16-20(28)11-14-26(19,3)24(21)12-15-27(22,23)4/h7-8,16,18,21-24H,5-6,9-15,17H2,1-4H3/t18-,21+,22-,23+,24+,25?,26+,27-/m1/s1. The van der Waals surface area contributed by atoms with E-state index in [4.69, 9.17) is 4.74 Å². The monoisotopic (exact) mass is 396 g/mol. The fourth-order valence-electron chi connectivity index (χ4n) is 8.24. The van der Waals surface area contributed by atoms with Gasteiger partial charge in [0, 0.05) is 6.42 Å². The summed E-state index contributed by atoms with van der Waals surface area (Å²) >= 11 is 0. The SMILES string of the molecule is C[C@H](CCCC1(C)CO1)[C@H]1CC[C@H]2[C@@H]3C=CC4=CC(=O)CC[C@]4(C)[C@H]3CC[C@]12C. The number of hydrogen-bond donors (Lipinski definition) is 0. The molecule has 0 aromatic carbocycles. The van der Waals surface area contributed by atoms with Crippen LogP contribution in [0.5, 0.6) is 0 Å². The molecule has 2 nitrogen and oxygen atoms in total. The van der Waals surface area contributed by atoms with Crippen LogP contribution >= 0.6 is 0 Å². The van der Waals surface area contributed by atoms with Gasteiger partial charge in [0.2, 0.25) is 0 Å². The van der Waals surface area contributed by atoms with Gasteiger partial charge < -0.3 is 4.74 Å². The molecule has 0 aromatic heterocycles. The molecule has 160 valence electrons. The van der Waals surface area contributed by atoms with Crippen LogP contribution in [-0.4, -0.2) is 18.0 Å². The lowest BCUT2D eigenvalue weighted by Crippen LogP contribution is -2.49. The molecule has 2 saturated carbocycles. The summed E-state index contributed by atoms with van der Waals surface area (Å²) in [7, 11) is 0. The largest absolute Gasteiger partial charge is 0.370 e. The molecule has 0 spiro atoms. The van der Waals surface area contributed by atoms with Crippen molar-refractivity contribution in [3.8, 4) is 0 Å². The van der Waals surface area contributed by atoms with Crippen molar-refractivity contribution in [2.45, 2.75) is 91.1 Å². The van der Waals surface area contributed by atoms with Gasteiger partial charge in [0.1, 0.15) is 0 Å². The average molecular weight is 397 g/mol. The van der Waals surface area contributed by atoms with Gasteiger partial charge in [-0.25, -0.2) is 0 Å². The first-order chi connectivity index (χ1) is 13.8. The number of rotatable bonds is 5. The molecule has 0 bridgehead atoms. The molecule has 2 heteroatoms. The minimum absolute atomic E-state index is 0.217. The van der Waals surface area contributed by atoms with E-state index in [1.54, 1.807) is 0 Å². The number of carbonyl (C=O) groups excluding carboxylic acids is 1. The van der Waals surface area contributed by atoms with E-state index in [9.17, 15) is 4.79 Å². The van der Waals surface area contributed by atoms with E-state index in [1.807, 2.05) is 6.08 Å². The smallest absolute Gasteiger partial charge is 0.156 e. The minimum atomic E-state index is 0.217. The Hall–Kier alpha value is -0.890. The van der Waals surface area contributed by atoms with E-state index in [0.29, 0.717) is 11.2 Å². The molecule has 1 aliphatic heterocycles. The van der Waals surface area contributed by atoms with Gasteiger partial charge >= 0.3 is 0 Å². The van der Waals surface area contributed by atoms with Gasteiger partial charge in [-0.15, -0.1) is 0 Å². The van der Waals surface area contributed by atoms with Gasteiger partial charge in [-0.3, -0.25) is 4.79 Å². The van der Waals surface area contributed by atoms with Crippen molar-refractivity contribution in [2.24, 2.45) is 40.4 Å². The summed E-state index contributed by atoms with van der Waals surface area (Å²) in [5, 5.41) is 0. The maximum atomic E-state index is 12.0. The molecule has 0 radical (unpaired) electrons. The Morgan fingerprint density at radius 1 is 1.14 bits per heavy atom. The van der Waals surface area contributed by atoms with Crippen LogP contribution < -0.4 is 0 Å². The number of ether oxygens (including phenoxy) is 1. The Balaban J connectivity index is 1.32. The predicted molar refractivity (Wildman–Crippen MR) is 117 cm³/mol. The van der Waals surface area contributed by atoms with E-state index in [2.05, 4.69) is 39.8 Å². The van der Waals surface area contributed by atoms with Crippen molar-refractivity contribution < 1.29 is 9.53 Å². The number of fused-ring (bicyclic) bond motifs is 5. The highest BCUT2D eigenvalue weighted by Gasteiger charge is 2.58. The van der Waals surface area contributed by atoms with E-state index in [-0.39, 0.29) is 11.0 Å². The molecule has 0 amide bonds. The normalized spacial score (nSPS) is 49.1. The molecule has 0 aromatic rings. The molecule has 5 aliphatic rings. The van der Waals surface area contributed by atoms with Crippen molar-refractivity contribution in [1.29, 1.82) is 0 Å². The average Bonchev–Trinajstić information content (AvgIpc) is 3.29. The van der Waals surface area contributed by atoms with Crippen molar-refractivity contribution in [3.05, 3.63) is 23.8 Å². The fourth-order valence-corrected chi connectivity index (χ4v) is 8.24. The van der Waals surface area contributed by atoms with Gasteiger partial charge in [-0.05, 0) is 97.5 Å². The van der Waals surface area contributed by atoms with E-state index in [0.717, 1.165) is 49.0 Å². The molecular weight excluding hydrogens is 356 g/mol. The second-order valence-corrected chi connectivity index (χ2v) is 12.0. The Morgan fingerprint density at radius 2 is 1.93 bits per heavy atom. The third-order valence-corrected chi connectivity index (χ3v) is 10.3. The zero-order valence-corrected chi connectivity index (χ0v) is 19.0. The number of carbonyl (C=O) groups is 1. The van der Waals surface area contributed by atoms with Crippen LogP contribution in [0.25, 0.3) is 0 Å². The predicted octanol–water partition coefficient (Wildman–Crippen LogP) is 6.51. The summed E-state index contributed by atoms with van der Waals surface area (Å²) < 4.78 is 5.59. The second kappa shape index (κ2) is 6.81. The number of epoxide rings is 1. The van der Waals surface area contributed by atoms with Gasteiger partial charge in [0.05, 0.1) is 12.2 Å². The molecule has 8 atom stereocenters. The molecule has 29 heavy (non-hydrogen) atoms. The summed E-state index contributed by atoms with van der Waals surface area (Å²) in [6.45, 7) is 10.9. The van der Waals surface area contributed by atoms with E-state index in [1.165, 1.54) is 50.5 Å². The lowest BCUT2D eigenvalue weighted by Gasteiger charge is -2.56. The van der Waals surface area contributed by atoms with E-state index < -0.39 is 0 Å². The first kappa shape index (κ1) is 20.0. The van der Waals surface area contributed by atoms with Crippen molar-refractivity contribution in [3.63, 3.8) is 0 Å². The Morgan fingerprint density at radius 3 is 2.69 bits per heavy atom. The minimum Gasteiger partial charge on any atom is -0.370 e. The molecule has 1 heterocycles. The molecule has 5 rings (SSSR count). The maximum absolute atomic E-state index is 12.0. The molecule has 1 saturated heterocycles. The van der Waals surface area contributed by atoms with Crippen molar-refractivity contribution >= 4 is 5.78 Å². The van der Waals surface area contributed by atoms with Gasteiger partial charge in [0.25, 0.3) is 0 Å². The van der Waals surface area contributed by atoms with Gasteiger partial charge in [0.15, 0.2) is 5.78 Å². The third-order valence-electron chi connectivity index (χ3n) is 10.3. The first-order valence-electron chi connectivity index (χ1n) is 12.3. The van der Waals surface area contributed by atoms with Crippen LogP contribution in [-0.2, 0) is 9.53 Å². The van der Waals surface area contributed by atoms with Gasteiger partial charge in [-0.1, -0.05) is 45.8 Å². The summed E-state index contributed by atoms with van der Waals surface area (Å²) in [5.41, 5.74) is 2.29. The Kier molecular flexibility index (Phi) is 4.70. The zero-order chi connectivity index (χ0) is 20.4. The van der Waals surface area contributed by atoms with Crippen LogP contribution in [0.2, 0.25) is 0 Å². The number of allylic oxidation sites excluding steroid dienone is 4. The second-order valence-electron chi connectivity index (χ2n) is 12.0. The summed E-state index contributed by atoms with van der Waals surface area (Å²) in [6.07, 6.45) is 18.1. The van der Waals surface area contributed by atoms with Crippen molar-refractivity contribution in [2.75, 3.05) is 6.61 Å². The fraction of sp³-hybridized carbons (Fsp3) is 0.815. The quantitative estimate of drug-likeness (QED) is 0.496. The molecule has 1 unspecified atom stereocenters. The maximum Gasteiger partial charge on any atom is 0.156 e. The highest BCUT2D eigenvalue weighted by molar-refractivity contribution is 5.92. The topological polar surface area (TPSA) is 29.6 Å². The van der Waals surface area contributed by atoms with Gasteiger partial charge in [-0.2, -0.15) is 0 Å². The van der Waals surface area contributed by atoms with Crippen LogP contribution in [0.4, 0.5) is 0 Å². The summed E-state index contributed by atoms with van der Waals surface area (Å²) in [6, 6.07) is 0. The highest BCUT2D eigenvalue weighted by Crippen LogP contribution is 2.66. The number of hydrogen-bond acceptors (Lipinski definition) is 2. The lowest BCUT2D eigenvalue weighted by molar-refractivity contribution is -0.116. The van der Waals surface area contributed by atoms with Crippen molar-refractivity contribution in [1.82, 2.24) is 0 Å². The van der Waals surface area contributed by atoms with Crippen LogP contribution in [0.15, 0.2) is 23.8 Å². The molecular formula is C27H40O2. The van der Waals surface area contributed by atoms with Crippen LogP contribution in [0.1, 0.15) is 85.5 Å². The van der Waals surface area contributed by atoms with E-state index >= 15 is 0 Å². The highest BCUT2D eigenvalue weighted by atomic mass is 16.6. The number of ketones is 1.